The third kappa shape index (κ3) is 3.06. The third-order valence-electron chi connectivity index (χ3n) is 2.34. The van der Waals surface area contributed by atoms with Gasteiger partial charge in [0.1, 0.15) is 11.5 Å². The molecule has 4 heteroatoms. The molecule has 16 heavy (non-hydrogen) atoms. The zero-order chi connectivity index (χ0) is 12.0. The quantitative estimate of drug-likeness (QED) is 0.831. The lowest BCUT2D eigenvalue weighted by atomic mass is 10.1. The van der Waals surface area contributed by atoms with Crippen LogP contribution in [-0.2, 0) is 0 Å². The molecular weight excluding hydrogens is 222 g/mol. The molecule has 3 nitrogen and oxygen atoms in total. The molecule has 0 saturated heterocycles. The number of ether oxygens (including phenoxy) is 2. The van der Waals surface area contributed by atoms with E-state index in [-0.39, 0.29) is 6.04 Å². The number of benzene rings is 1. The van der Waals surface area contributed by atoms with E-state index in [1.807, 2.05) is 30.0 Å². The first-order valence-corrected chi connectivity index (χ1v) is 6.44. The van der Waals surface area contributed by atoms with Crippen LogP contribution in [-0.4, -0.2) is 25.7 Å². The van der Waals surface area contributed by atoms with E-state index in [9.17, 15) is 0 Å². The van der Waals surface area contributed by atoms with Crippen LogP contribution in [0.1, 0.15) is 18.5 Å². The Bertz CT molecular complexity index is 309. The van der Waals surface area contributed by atoms with Gasteiger partial charge in [0.15, 0.2) is 0 Å². The number of nitrogens with two attached hydrogens (primary N) is 1. The van der Waals surface area contributed by atoms with Gasteiger partial charge >= 0.3 is 0 Å². The predicted octanol–water partition coefficient (Wildman–Crippen LogP) is 2.46. The lowest BCUT2D eigenvalue weighted by molar-refractivity contribution is 0.381. The first-order chi connectivity index (χ1) is 7.74. The monoisotopic (exact) mass is 241 g/mol. The molecule has 0 saturated carbocycles. The van der Waals surface area contributed by atoms with Crippen molar-refractivity contribution < 1.29 is 9.47 Å². The van der Waals surface area contributed by atoms with Crippen LogP contribution in [0.15, 0.2) is 18.2 Å². The van der Waals surface area contributed by atoms with Crippen molar-refractivity contribution in [3.63, 3.8) is 0 Å². The highest BCUT2D eigenvalue weighted by Crippen LogP contribution is 2.34. The Morgan fingerprint density at radius 1 is 1.25 bits per heavy atom. The van der Waals surface area contributed by atoms with Crippen molar-refractivity contribution in [2.45, 2.75) is 13.0 Å². The molecule has 1 unspecified atom stereocenters. The number of hydrogen-bond acceptors (Lipinski definition) is 4. The Morgan fingerprint density at radius 2 is 1.81 bits per heavy atom. The normalized spacial score (nSPS) is 12.2. The Morgan fingerprint density at radius 3 is 2.25 bits per heavy atom. The topological polar surface area (TPSA) is 44.5 Å². The second-order valence-corrected chi connectivity index (χ2v) is 4.66. The van der Waals surface area contributed by atoms with Gasteiger partial charge in [-0.2, -0.15) is 11.8 Å². The van der Waals surface area contributed by atoms with Crippen molar-refractivity contribution >= 4 is 11.8 Å². The summed E-state index contributed by atoms with van der Waals surface area (Å²) < 4.78 is 10.6. The highest BCUT2D eigenvalue weighted by atomic mass is 32.2. The van der Waals surface area contributed by atoms with Gasteiger partial charge in [-0.25, -0.2) is 0 Å². The van der Waals surface area contributed by atoms with Crippen molar-refractivity contribution in [3.8, 4) is 11.5 Å². The van der Waals surface area contributed by atoms with Crippen molar-refractivity contribution in [1.29, 1.82) is 0 Å². The molecule has 0 fully saturated rings. The number of rotatable bonds is 6. The number of methoxy groups -OCH3 is 2. The molecule has 1 aromatic carbocycles. The molecule has 1 atom stereocenters. The molecule has 0 spiro atoms. The van der Waals surface area contributed by atoms with Gasteiger partial charge in [0.05, 0.1) is 19.8 Å². The van der Waals surface area contributed by atoms with E-state index >= 15 is 0 Å². The third-order valence-corrected chi connectivity index (χ3v) is 3.34. The maximum absolute atomic E-state index is 6.15. The minimum absolute atomic E-state index is 0.0592. The van der Waals surface area contributed by atoms with Crippen LogP contribution in [0.5, 0.6) is 11.5 Å². The Labute approximate surface area is 101 Å². The zero-order valence-electron chi connectivity index (χ0n) is 10.0. The first kappa shape index (κ1) is 13.2. The van der Waals surface area contributed by atoms with E-state index in [2.05, 4.69) is 6.92 Å². The van der Waals surface area contributed by atoms with E-state index in [4.69, 9.17) is 15.2 Å². The molecule has 0 heterocycles. The van der Waals surface area contributed by atoms with Gasteiger partial charge in [0.25, 0.3) is 0 Å². The van der Waals surface area contributed by atoms with Crippen molar-refractivity contribution in [2.75, 3.05) is 25.7 Å². The highest BCUT2D eigenvalue weighted by Gasteiger charge is 2.16. The second kappa shape index (κ2) is 6.66. The smallest absolute Gasteiger partial charge is 0.127 e. The van der Waals surface area contributed by atoms with E-state index in [0.717, 1.165) is 28.6 Å². The first-order valence-electron chi connectivity index (χ1n) is 5.28. The predicted molar refractivity (Wildman–Crippen MR) is 69.5 cm³/mol. The minimum Gasteiger partial charge on any atom is -0.496 e. The molecule has 0 bridgehead atoms. The lowest BCUT2D eigenvalue weighted by Crippen LogP contribution is -2.15. The van der Waals surface area contributed by atoms with Crippen LogP contribution in [0.2, 0.25) is 0 Å². The number of thioether (sulfide) groups is 1. The molecule has 2 N–H and O–H groups in total. The summed E-state index contributed by atoms with van der Waals surface area (Å²) in [5, 5.41) is 0. The van der Waals surface area contributed by atoms with Gasteiger partial charge in [-0.3, -0.25) is 0 Å². The van der Waals surface area contributed by atoms with Crippen LogP contribution in [0.25, 0.3) is 0 Å². The average Bonchev–Trinajstić information content (AvgIpc) is 2.34. The Kier molecular flexibility index (Phi) is 5.49. The standard InChI is InChI=1S/C12H19NO2S/c1-4-16-8-9(13)12-10(14-2)6-5-7-11(12)15-3/h5-7,9H,4,8,13H2,1-3H3. The van der Waals surface area contributed by atoms with Crippen LogP contribution in [0.3, 0.4) is 0 Å². The summed E-state index contributed by atoms with van der Waals surface area (Å²) in [6, 6.07) is 5.67. The van der Waals surface area contributed by atoms with Crippen LogP contribution in [0.4, 0.5) is 0 Å². The summed E-state index contributed by atoms with van der Waals surface area (Å²) in [6.07, 6.45) is 0. The summed E-state index contributed by atoms with van der Waals surface area (Å²) in [4.78, 5) is 0. The van der Waals surface area contributed by atoms with E-state index in [1.54, 1.807) is 14.2 Å². The average molecular weight is 241 g/mol. The SMILES string of the molecule is CCSCC(N)c1c(OC)cccc1OC. The van der Waals surface area contributed by atoms with E-state index in [1.165, 1.54) is 0 Å². The molecular formula is C12H19NO2S. The molecule has 0 radical (unpaired) electrons. The summed E-state index contributed by atoms with van der Waals surface area (Å²) in [5.41, 5.74) is 7.11. The van der Waals surface area contributed by atoms with E-state index < -0.39 is 0 Å². The maximum atomic E-state index is 6.15. The van der Waals surface area contributed by atoms with Gasteiger partial charge in [0, 0.05) is 11.8 Å². The molecule has 0 amide bonds. The molecule has 90 valence electrons. The van der Waals surface area contributed by atoms with Crippen molar-refractivity contribution in [3.05, 3.63) is 23.8 Å². The largest absolute Gasteiger partial charge is 0.496 e. The van der Waals surface area contributed by atoms with Crippen molar-refractivity contribution in [1.82, 2.24) is 0 Å². The zero-order valence-corrected chi connectivity index (χ0v) is 10.8. The fraction of sp³-hybridized carbons (Fsp3) is 0.500. The molecule has 0 aliphatic heterocycles. The highest BCUT2D eigenvalue weighted by molar-refractivity contribution is 7.99. The summed E-state index contributed by atoms with van der Waals surface area (Å²) in [6.45, 7) is 2.12. The van der Waals surface area contributed by atoms with Gasteiger partial charge in [0.2, 0.25) is 0 Å². The van der Waals surface area contributed by atoms with Gasteiger partial charge < -0.3 is 15.2 Å². The van der Waals surface area contributed by atoms with Gasteiger partial charge in [-0.1, -0.05) is 13.0 Å². The van der Waals surface area contributed by atoms with E-state index in [0.29, 0.717) is 0 Å². The molecule has 1 rings (SSSR count). The molecule has 0 aromatic heterocycles. The lowest BCUT2D eigenvalue weighted by Gasteiger charge is -2.18. The molecule has 0 aliphatic rings. The maximum Gasteiger partial charge on any atom is 0.127 e. The summed E-state index contributed by atoms with van der Waals surface area (Å²) in [5.74, 6) is 3.52. The van der Waals surface area contributed by atoms with Crippen molar-refractivity contribution in [2.24, 2.45) is 5.73 Å². The Balaban J connectivity index is 2.97. The van der Waals surface area contributed by atoms with Crippen LogP contribution in [0, 0.1) is 0 Å². The van der Waals surface area contributed by atoms with Crippen LogP contribution >= 0.6 is 11.8 Å². The second-order valence-electron chi connectivity index (χ2n) is 3.34. The minimum atomic E-state index is -0.0592. The molecule has 1 aromatic rings. The van der Waals surface area contributed by atoms with Crippen LogP contribution < -0.4 is 15.2 Å². The summed E-state index contributed by atoms with van der Waals surface area (Å²) >= 11 is 1.81. The van der Waals surface area contributed by atoms with Gasteiger partial charge in [-0.15, -0.1) is 0 Å². The Hall–Kier alpha value is -0.870. The number of hydrogen-bond donors (Lipinski definition) is 1. The fourth-order valence-corrected chi connectivity index (χ4v) is 2.23. The van der Waals surface area contributed by atoms with Gasteiger partial charge in [-0.05, 0) is 17.9 Å². The fourth-order valence-electron chi connectivity index (χ4n) is 1.57. The molecule has 0 aliphatic carbocycles. The summed E-state index contributed by atoms with van der Waals surface area (Å²) in [7, 11) is 3.30.